The first-order valence-corrected chi connectivity index (χ1v) is 3.80. The van der Waals surface area contributed by atoms with Crippen molar-refractivity contribution in [2.75, 3.05) is 19.7 Å². The lowest BCUT2D eigenvalue weighted by molar-refractivity contribution is -0.158. The van der Waals surface area contributed by atoms with E-state index in [2.05, 4.69) is 5.92 Å². The van der Waals surface area contributed by atoms with Gasteiger partial charge in [0.05, 0.1) is 6.61 Å². The molecule has 1 amide bonds. The molecule has 0 heterocycles. The van der Waals surface area contributed by atoms with Crippen molar-refractivity contribution in [1.82, 2.24) is 4.90 Å². The fraction of sp³-hybridized carbons (Fsp3) is 0.625. The van der Waals surface area contributed by atoms with E-state index in [9.17, 15) is 18.0 Å². The van der Waals surface area contributed by atoms with Crippen molar-refractivity contribution in [2.24, 2.45) is 0 Å². The van der Waals surface area contributed by atoms with Gasteiger partial charge in [0, 0.05) is 6.54 Å². The number of rotatable bonds is 3. The summed E-state index contributed by atoms with van der Waals surface area (Å²) in [5, 5.41) is 8.44. The average Bonchev–Trinajstić information content (AvgIpc) is 2.01. The summed E-state index contributed by atoms with van der Waals surface area (Å²) in [6, 6.07) is 0. The van der Waals surface area contributed by atoms with Crippen LogP contribution >= 0.6 is 0 Å². The highest BCUT2D eigenvalue weighted by Crippen LogP contribution is 2.16. The van der Waals surface area contributed by atoms with E-state index in [-0.39, 0.29) is 6.54 Å². The van der Waals surface area contributed by atoms with Crippen LogP contribution in [0.4, 0.5) is 13.2 Å². The highest BCUT2D eigenvalue weighted by Gasteiger charge is 2.32. The SMILES string of the molecule is CC#CC(=O)N(CCO)CC(F)(F)F. The standard InChI is InChI=1S/C8H10F3NO2/c1-2-3-7(14)12(4-5-13)6-8(9,10)11/h13H,4-6H2,1H3. The second-order valence-corrected chi connectivity index (χ2v) is 2.44. The van der Waals surface area contributed by atoms with Gasteiger partial charge in [-0.2, -0.15) is 13.2 Å². The Bertz CT molecular complexity index is 252. The Balaban J connectivity index is 4.41. The Morgan fingerprint density at radius 2 is 2.07 bits per heavy atom. The summed E-state index contributed by atoms with van der Waals surface area (Å²) in [5.74, 6) is 3.25. The maximum Gasteiger partial charge on any atom is 0.406 e. The summed E-state index contributed by atoms with van der Waals surface area (Å²) in [6.45, 7) is -0.927. The maximum atomic E-state index is 11.9. The van der Waals surface area contributed by atoms with Crippen LogP contribution < -0.4 is 0 Å². The smallest absolute Gasteiger partial charge is 0.395 e. The molecule has 0 spiro atoms. The molecule has 0 unspecified atom stereocenters. The number of amides is 1. The van der Waals surface area contributed by atoms with Gasteiger partial charge in [0.25, 0.3) is 5.91 Å². The number of alkyl halides is 3. The highest BCUT2D eigenvalue weighted by atomic mass is 19.4. The summed E-state index contributed by atoms with van der Waals surface area (Å²) >= 11 is 0. The van der Waals surface area contributed by atoms with E-state index in [1.54, 1.807) is 0 Å². The van der Waals surface area contributed by atoms with Gasteiger partial charge in [0.2, 0.25) is 0 Å². The molecule has 0 fully saturated rings. The largest absolute Gasteiger partial charge is 0.406 e. The first-order valence-electron chi connectivity index (χ1n) is 3.80. The number of hydrogen-bond acceptors (Lipinski definition) is 2. The molecule has 0 aromatic heterocycles. The third-order valence-electron chi connectivity index (χ3n) is 1.26. The number of halogens is 3. The summed E-state index contributed by atoms with van der Waals surface area (Å²) in [7, 11) is 0. The molecule has 14 heavy (non-hydrogen) atoms. The summed E-state index contributed by atoms with van der Waals surface area (Å²) < 4.78 is 35.7. The Kier molecular flexibility index (Phi) is 5.02. The molecule has 0 saturated heterocycles. The van der Waals surface area contributed by atoms with Gasteiger partial charge in [-0.3, -0.25) is 4.79 Å². The molecule has 1 N–H and O–H groups in total. The predicted octanol–water partition coefficient (Wildman–Crippen LogP) is 0.393. The van der Waals surface area contributed by atoms with Crippen LogP contribution in [0.25, 0.3) is 0 Å². The summed E-state index contributed by atoms with van der Waals surface area (Å²) in [5.41, 5.74) is 0. The zero-order chi connectivity index (χ0) is 11.2. The first kappa shape index (κ1) is 12.8. The van der Waals surface area contributed by atoms with E-state index in [4.69, 9.17) is 5.11 Å². The molecule has 0 aliphatic carbocycles. The van der Waals surface area contributed by atoms with Crippen molar-refractivity contribution in [2.45, 2.75) is 13.1 Å². The van der Waals surface area contributed by atoms with Crippen LogP contribution in [0.5, 0.6) is 0 Å². The van der Waals surface area contributed by atoms with Gasteiger partial charge >= 0.3 is 6.18 Å². The van der Waals surface area contributed by atoms with Crippen molar-refractivity contribution >= 4 is 5.91 Å². The number of carbonyl (C=O) groups excluding carboxylic acids is 1. The molecule has 0 radical (unpaired) electrons. The van der Waals surface area contributed by atoms with E-state index < -0.39 is 25.2 Å². The van der Waals surface area contributed by atoms with Crippen molar-refractivity contribution in [1.29, 1.82) is 0 Å². The number of carbonyl (C=O) groups is 1. The summed E-state index contributed by atoms with van der Waals surface area (Å²) in [6.07, 6.45) is -4.47. The maximum absolute atomic E-state index is 11.9. The number of aliphatic hydroxyl groups is 1. The van der Waals surface area contributed by atoms with Crippen LogP contribution in [0.1, 0.15) is 6.92 Å². The van der Waals surface area contributed by atoms with Crippen LogP contribution in [0.2, 0.25) is 0 Å². The minimum Gasteiger partial charge on any atom is -0.395 e. The molecule has 0 bridgehead atoms. The van der Waals surface area contributed by atoms with E-state index in [0.29, 0.717) is 4.90 Å². The Morgan fingerprint density at radius 1 is 1.50 bits per heavy atom. The number of nitrogens with zero attached hydrogens (tertiary/aromatic N) is 1. The molecule has 3 nitrogen and oxygen atoms in total. The monoisotopic (exact) mass is 209 g/mol. The van der Waals surface area contributed by atoms with Gasteiger partial charge in [-0.15, -0.1) is 0 Å². The van der Waals surface area contributed by atoms with Crippen molar-refractivity contribution in [3.8, 4) is 11.8 Å². The number of aliphatic hydroxyl groups excluding tert-OH is 1. The van der Waals surface area contributed by atoms with Gasteiger partial charge in [0.1, 0.15) is 6.54 Å². The third kappa shape index (κ3) is 5.43. The molecule has 6 heteroatoms. The fourth-order valence-electron chi connectivity index (χ4n) is 0.776. The quantitative estimate of drug-likeness (QED) is 0.683. The predicted molar refractivity (Wildman–Crippen MR) is 43.2 cm³/mol. The van der Waals surface area contributed by atoms with Crippen molar-refractivity contribution < 1.29 is 23.1 Å². The van der Waals surface area contributed by atoms with Crippen LogP contribution in [0, 0.1) is 11.8 Å². The van der Waals surface area contributed by atoms with Crippen molar-refractivity contribution in [3.63, 3.8) is 0 Å². The molecule has 0 rings (SSSR count). The second-order valence-electron chi connectivity index (χ2n) is 2.44. The lowest BCUT2D eigenvalue weighted by atomic mass is 10.4. The van der Waals surface area contributed by atoms with Gasteiger partial charge in [-0.1, -0.05) is 5.92 Å². The lowest BCUT2D eigenvalue weighted by Crippen LogP contribution is -2.40. The third-order valence-corrected chi connectivity index (χ3v) is 1.26. The second kappa shape index (κ2) is 5.50. The van der Waals surface area contributed by atoms with Crippen LogP contribution in [-0.2, 0) is 4.79 Å². The van der Waals surface area contributed by atoms with E-state index in [1.165, 1.54) is 6.92 Å². The van der Waals surface area contributed by atoms with E-state index in [1.807, 2.05) is 5.92 Å². The van der Waals surface area contributed by atoms with E-state index in [0.717, 1.165) is 0 Å². The topological polar surface area (TPSA) is 40.5 Å². The molecular weight excluding hydrogens is 199 g/mol. The van der Waals surface area contributed by atoms with Crippen LogP contribution in [-0.4, -0.2) is 41.8 Å². The molecule has 0 aliphatic heterocycles. The normalized spacial score (nSPS) is 10.4. The molecule has 80 valence electrons. The fourth-order valence-corrected chi connectivity index (χ4v) is 0.776. The molecule has 0 aromatic carbocycles. The minimum atomic E-state index is -4.47. The van der Waals surface area contributed by atoms with Crippen LogP contribution in [0.15, 0.2) is 0 Å². The molecule has 0 atom stereocenters. The lowest BCUT2D eigenvalue weighted by Gasteiger charge is -2.20. The zero-order valence-corrected chi connectivity index (χ0v) is 7.56. The molecular formula is C8H10F3NO2. The van der Waals surface area contributed by atoms with Crippen molar-refractivity contribution in [3.05, 3.63) is 0 Å². The van der Waals surface area contributed by atoms with Gasteiger partial charge < -0.3 is 10.0 Å². The van der Waals surface area contributed by atoms with Crippen LogP contribution in [0.3, 0.4) is 0 Å². The van der Waals surface area contributed by atoms with E-state index >= 15 is 0 Å². The van der Waals surface area contributed by atoms with Gasteiger partial charge in [-0.05, 0) is 12.8 Å². The molecule has 0 saturated carbocycles. The molecule has 0 aliphatic rings. The Labute approximate surface area is 79.5 Å². The Hall–Kier alpha value is -1.22. The van der Waals surface area contributed by atoms with Gasteiger partial charge in [0.15, 0.2) is 0 Å². The Morgan fingerprint density at radius 3 is 2.43 bits per heavy atom. The van der Waals surface area contributed by atoms with Gasteiger partial charge in [-0.25, -0.2) is 0 Å². The number of hydrogen-bond donors (Lipinski definition) is 1. The first-order chi connectivity index (χ1) is 6.40. The zero-order valence-electron chi connectivity index (χ0n) is 7.56. The average molecular weight is 209 g/mol. The molecule has 0 aromatic rings. The highest BCUT2D eigenvalue weighted by molar-refractivity contribution is 5.93. The summed E-state index contributed by atoms with van der Waals surface area (Å²) in [4.78, 5) is 11.4. The minimum absolute atomic E-state index is 0.368.